The highest BCUT2D eigenvalue weighted by atomic mass is 19.4. The van der Waals surface area contributed by atoms with Crippen LogP contribution in [0.25, 0.3) is 43.1 Å². The van der Waals surface area contributed by atoms with Crippen LogP contribution in [0.3, 0.4) is 0 Å². The quantitative estimate of drug-likeness (QED) is 0.159. The molecular formula is C34H10F6N6O2. The second-order valence-electron chi connectivity index (χ2n) is 9.71. The molecule has 0 radical (unpaired) electrons. The molecule has 0 unspecified atom stereocenters. The molecule has 0 bridgehead atoms. The molecule has 0 fully saturated rings. The second kappa shape index (κ2) is 11.9. The van der Waals surface area contributed by atoms with E-state index in [4.69, 9.17) is 13.1 Å². The molecule has 0 atom stereocenters. The van der Waals surface area contributed by atoms with Crippen LogP contribution < -0.4 is 9.47 Å². The summed E-state index contributed by atoms with van der Waals surface area (Å²) < 4.78 is 84.4. The fourth-order valence-electron chi connectivity index (χ4n) is 5.44. The highest BCUT2D eigenvalue weighted by Crippen LogP contribution is 2.54. The maximum atomic E-state index is 12.8. The molecule has 8 nitrogen and oxygen atoms in total. The van der Waals surface area contributed by atoms with Crippen LogP contribution in [0.15, 0.2) is 72.1 Å². The summed E-state index contributed by atoms with van der Waals surface area (Å²) in [4.78, 5) is 6.57. The summed E-state index contributed by atoms with van der Waals surface area (Å²) in [5, 5.41) is 40.4. The van der Waals surface area contributed by atoms with Gasteiger partial charge >= 0.3 is 12.7 Å². The van der Waals surface area contributed by atoms with E-state index in [1.807, 2.05) is 12.1 Å². The SMILES string of the molecule is [C-]#[N+]/C(C#N)=C1\C(c2ccc(OC(F)(F)F)cc2)=C(C#N)c2cc3c(cc21)C(C#N)=C(c1ccc(OC(F)(F)F)cc1)/C3=C(\C#N)[N+]#[C-]. The third-order valence-corrected chi connectivity index (χ3v) is 7.12. The first-order valence-corrected chi connectivity index (χ1v) is 13.0. The highest BCUT2D eigenvalue weighted by molar-refractivity contribution is 6.29. The molecule has 2 aliphatic carbocycles. The lowest BCUT2D eigenvalue weighted by Gasteiger charge is -2.12. The summed E-state index contributed by atoms with van der Waals surface area (Å²) in [5.74, 6) is -1.13. The molecular weight excluding hydrogens is 638 g/mol. The number of benzene rings is 3. The van der Waals surface area contributed by atoms with Gasteiger partial charge in [0, 0.05) is 22.3 Å². The number of hydrogen-bond acceptors (Lipinski definition) is 6. The Morgan fingerprint density at radius 2 is 0.896 bits per heavy atom. The third-order valence-electron chi connectivity index (χ3n) is 7.12. The van der Waals surface area contributed by atoms with Crippen molar-refractivity contribution in [2.24, 2.45) is 0 Å². The molecule has 0 amide bonds. The summed E-state index contributed by atoms with van der Waals surface area (Å²) in [5.41, 5.74) is -0.417. The molecule has 0 spiro atoms. The van der Waals surface area contributed by atoms with E-state index in [1.54, 1.807) is 12.1 Å². The maximum Gasteiger partial charge on any atom is 0.573 e. The molecule has 5 rings (SSSR count). The van der Waals surface area contributed by atoms with Crippen molar-refractivity contribution < 1.29 is 35.8 Å². The van der Waals surface area contributed by atoms with E-state index >= 15 is 0 Å². The van der Waals surface area contributed by atoms with Gasteiger partial charge in [0.25, 0.3) is 11.4 Å². The van der Waals surface area contributed by atoms with Crippen LogP contribution in [0.4, 0.5) is 26.3 Å². The zero-order chi connectivity index (χ0) is 35.0. The molecule has 0 aromatic heterocycles. The number of fused-ring (bicyclic) bond motifs is 2. The fourth-order valence-corrected chi connectivity index (χ4v) is 5.44. The number of nitriles is 4. The summed E-state index contributed by atoms with van der Waals surface area (Å²) in [6, 6.07) is 19.1. The molecule has 2 aliphatic rings. The minimum Gasteiger partial charge on any atom is -0.406 e. The maximum absolute atomic E-state index is 12.8. The third kappa shape index (κ3) is 5.66. The summed E-state index contributed by atoms with van der Waals surface area (Å²) in [7, 11) is 0. The number of allylic oxidation sites excluding steroid dienone is 8. The number of alkyl halides is 6. The molecule has 0 heterocycles. The van der Waals surface area contributed by atoms with Crippen molar-refractivity contribution in [1.29, 1.82) is 21.0 Å². The Labute approximate surface area is 267 Å². The van der Waals surface area contributed by atoms with Crippen molar-refractivity contribution in [1.82, 2.24) is 0 Å². The molecule has 0 saturated heterocycles. The van der Waals surface area contributed by atoms with E-state index in [-0.39, 0.29) is 66.8 Å². The standard InChI is InChI=1S/C34H10F6N6O2/c1-45-27(15-43)31-23-11-22-24(12-21(23)25(13-41)29(31)17-3-7-19(8-4-17)47-33(35,36)37)32(28(16-44)46-2)30(26(22)14-42)18-5-9-20(10-6-18)48-34(38,39)40/h3-12H/b31-27-,32-28+. The number of halogens is 6. The Morgan fingerprint density at radius 1 is 0.562 bits per heavy atom. The first-order valence-electron chi connectivity index (χ1n) is 13.0. The lowest BCUT2D eigenvalue weighted by Crippen LogP contribution is -2.17. The predicted molar refractivity (Wildman–Crippen MR) is 156 cm³/mol. The summed E-state index contributed by atoms with van der Waals surface area (Å²) in [6.07, 6.45) is -9.96. The van der Waals surface area contributed by atoms with Crippen molar-refractivity contribution in [3.8, 4) is 35.8 Å². The number of hydrogen-bond donors (Lipinski definition) is 0. The van der Waals surface area contributed by atoms with Gasteiger partial charge in [-0.15, -0.1) is 26.3 Å². The average molecular weight is 648 g/mol. The van der Waals surface area contributed by atoms with Gasteiger partial charge in [-0.2, -0.15) is 10.5 Å². The van der Waals surface area contributed by atoms with Crippen molar-refractivity contribution in [2.45, 2.75) is 12.7 Å². The van der Waals surface area contributed by atoms with Gasteiger partial charge in [0.05, 0.1) is 36.4 Å². The smallest absolute Gasteiger partial charge is 0.406 e. The van der Waals surface area contributed by atoms with Gasteiger partial charge in [0.1, 0.15) is 23.6 Å². The van der Waals surface area contributed by atoms with Gasteiger partial charge in [-0.05, 0) is 69.8 Å². The van der Waals surface area contributed by atoms with Crippen LogP contribution in [-0.2, 0) is 0 Å². The second-order valence-corrected chi connectivity index (χ2v) is 9.71. The van der Waals surface area contributed by atoms with Crippen molar-refractivity contribution in [2.75, 3.05) is 0 Å². The lowest BCUT2D eigenvalue weighted by atomic mass is 9.92. The van der Waals surface area contributed by atoms with E-state index in [2.05, 4.69) is 19.2 Å². The van der Waals surface area contributed by atoms with Crippen LogP contribution in [0.5, 0.6) is 11.5 Å². The predicted octanol–water partition coefficient (Wildman–Crippen LogP) is 8.69. The molecule has 48 heavy (non-hydrogen) atoms. The molecule has 0 N–H and O–H groups in total. The van der Waals surface area contributed by atoms with Gasteiger partial charge < -0.3 is 9.47 Å². The van der Waals surface area contributed by atoms with E-state index in [0.29, 0.717) is 0 Å². The van der Waals surface area contributed by atoms with Gasteiger partial charge in [0.15, 0.2) is 0 Å². The van der Waals surface area contributed by atoms with Gasteiger partial charge in [-0.1, -0.05) is 24.3 Å². The van der Waals surface area contributed by atoms with E-state index < -0.39 is 35.6 Å². The van der Waals surface area contributed by atoms with Crippen LogP contribution >= 0.6 is 0 Å². The van der Waals surface area contributed by atoms with Crippen molar-refractivity contribution >= 4 is 33.4 Å². The van der Waals surface area contributed by atoms with Gasteiger partial charge in [-0.3, -0.25) is 0 Å². The van der Waals surface area contributed by atoms with Crippen molar-refractivity contribution in [3.05, 3.63) is 128 Å². The monoisotopic (exact) mass is 648 g/mol. The minimum atomic E-state index is -4.98. The van der Waals surface area contributed by atoms with Crippen LogP contribution in [-0.4, -0.2) is 12.7 Å². The molecule has 230 valence electrons. The number of rotatable bonds is 4. The first-order chi connectivity index (χ1) is 22.8. The largest absolute Gasteiger partial charge is 0.573 e. The molecule has 14 heteroatoms. The minimum absolute atomic E-state index is 0.0291. The Bertz CT molecular complexity index is 2110. The van der Waals surface area contributed by atoms with Crippen molar-refractivity contribution in [3.63, 3.8) is 0 Å². The number of nitrogens with zero attached hydrogens (tertiary/aromatic N) is 6. The highest BCUT2D eigenvalue weighted by Gasteiger charge is 2.37. The van der Waals surface area contributed by atoms with Crippen LogP contribution in [0, 0.1) is 58.5 Å². The summed E-state index contributed by atoms with van der Waals surface area (Å²) in [6.45, 7) is 15.3. The number of ether oxygens (including phenoxy) is 2. The topological polar surface area (TPSA) is 122 Å². The molecule has 3 aromatic rings. The van der Waals surface area contributed by atoms with Gasteiger partial charge in [0.2, 0.25) is 0 Å². The van der Waals surface area contributed by atoms with Crippen LogP contribution in [0.2, 0.25) is 0 Å². The first kappa shape index (κ1) is 32.1. The normalized spacial score (nSPS) is 15.5. The Balaban J connectivity index is 1.78. The zero-order valence-corrected chi connectivity index (χ0v) is 23.5. The molecule has 0 aliphatic heterocycles. The van der Waals surface area contributed by atoms with Crippen LogP contribution in [0.1, 0.15) is 33.4 Å². The van der Waals surface area contributed by atoms with E-state index in [1.165, 1.54) is 36.4 Å². The lowest BCUT2D eigenvalue weighted by molar-refractivity contribution is -0.275. The van der Waals surface area contributed by atoms with Gasteiger partial charge in [-0.25, -0.2) is 20.2 Å². The zero-order valence-electron chi connectivity index (χ0n) is 23.5. The fraction of sp³-hybridized carbons (Fsp3) is 0.0588. The van der Waals surface area contributed by atoms with E-state index in [0.717, 1.165) is 24.3 Å². The average Bonchev–Trinajstić information content (AvgIpc) is 3.52. The Kier molecular flexibility index (Phi) is 7.98. The Morgan fingerprint density at radius 3 is 1.15 bits per heavy atom. The molecule has 3 aromatic carbocycles. The Hall–Kier alpha value is -7.26. The van der Waals surface area contributed by atoms with E-state index in [9.17, 15) is 47.4 Å². The molecule has 0 saturated carbocycles. The summed E-state index contributed by atoms with van der Waals surface area (Å²) >= 11 is 0.